The lowest BCUT2D eigenvalue weighted by molar-refractivity contribution is 0.629. The molecule has 1 heterocycles. The molecule has 0 radical (unpaired) electrons. The van der Waals surface area contributed by atoms with Gasteiger partial charge in [-0.15, -0.1) is 0 Å². The van der Waals surface area contributed by atoms with Crippen molar-refractivity contribution in [2.45, 2.75) is 38.8 Å². The molecule has 1 aliphatic rings. The van der Waals surface area contributed by atoms with Gasteiger partial charge in [-0.2, -0.15) is 0 Å². The van der Waals surface area contributed by atoms with Crippen LogP contribution in [-0.4, -0.2) is 22.1 Å². The van der Waals surface area contributed by atoms with Gasteiger partial charge in [-0.1, -0.05) is 0 Å². The van der Waals surface area contributed by atoms with Gasteiger partial charge in [-0.3, -0.25) is 0 Å². The summed E-state index contributed by atoms with van der Waals surface area (Å²) in [5.74, 6) is 0.831. The molecule has 1 aromatic heterocycles. The lowest BCUT2D eigenvalue weighted by atomic mass is 10.3. The zero-order valence-electron chi connectivity index (χ0n) is 10.6. The van der Waals surface area contributed by atoms with Crippen molar-refractivity contribution in [2.75, 3.05) is 6.54 Å². The molecule has 4 heteroatoms. The molecule has 0 aliphatic heterocycles. The van der Waals surface area contributed by atoms with Crippen LogP contribution < -0.4 is 5.32 Å². The number of benzene rings is 1. The maximum Gasteiger partial charge on any atom is 0.125 e. The third kappa shape index (κ3) is 2.25. The summed E-state index contributed by atoms with van der Waals surface area (Å²) in [6, 6.07) is 5.56. The van der Waals surface area contributed by atoms with E-state index in [4.69, 9.17) is 0 Å². The number of nitrogens with one attached hydrogen (secondary N) is 1. The first-order chi connectivity index (χ1) is 8.78. The van der Waals surface area contributed by atoms with Crippen LogP contribution in [-0.2, 0) is 13.0 Å². The molecule has 3 rings (SSSR count). The van der Waals surface area contributed by atoms with Gasteiger partial charge in [0.25, 0.3) is 0 Å². The van der Waals surface area contributed by atoms with Crippen molar-refractivity contribution in [1.82, 2.24) is 14.9 Å². The van der Waals surface area contributed by atoms with Crippen LogP contribution in [0.3, 0.4) is 0 Å². The number of aromatic nitrogens is 2. The van der Waals surface area contributed by atoms with Gasteiger partial charge >= 0.3 is 0 Å². The van der Waals surface area contributed by atoms with E-state index < -0.39 is 0 Å². The van der Waals surface area contributed by atoms with E-state index in [2.05, 4.69) is 21.8 Å². The van der Waals surface area contributed by atoms with Crippen LogP contribution in [0.15, 0.2) is 18.2 Å². The number of halogens is 1. The largest absolute Gasteiger partial charge is 0.328 e. The van der Waals surface area contributed by atoms with Gasteiger partial charge < -0.3 is 9.88 Å². The summed E-state index contributed by atoms with van der Waals surface area (Å²) in [7, 11) is 0. The Kier molecular flexibility index (Phi) is 3.04. The van der Waals surface area contributed by atoms with E-state index in [1.807, 2.05) is 6.07 Å². The summed E-state index contributed by atoms with van der Waals surface area (Å²) in [4.78, 5) is 4.54. The number of hydrogen-bond acceptors (Lipinski definition) is 2. The van der Waals surface area contributed by atoms with Crippen LogP contribution in [0.2, 0.25) is 0 Å². The molecule has 1 aromatic carbocycles. The lowest BCUT2D eigenvalue weighted by Crippen LogP contribution is -2.20. The van der Waals surface area contributed by atoms with Gasteiger partial charge in [0.1, 0.15) is 11.6 Å². The van der Waals surface area contributed by atoms with E-state index in [1.165, 1.54) is 25.0 Å². The van der Waals surface area contributed by atoms with Crippen LogP contribution in [0.1, 0.15) is 25.6 Å². The van der Waals surface area contributed by atoms with Gasteiger partial charge in [0.15, 0.2) is 0 Å². The summed E-state index contributed by atoms with van der Waals surface area (Å²) >= 11 is 0. The highest BCUT2D eigenvalue weighted by Gasteiger charge is 2.20. The van der Waals surface area contributed by atoms with E-state index in [9.17, 15) is 4.39 Å². The Morgan fingerprint density at radius 3 is 3.00 bits per heavy atom. The molecular formula is C14H18FN3. The predicted octanol–water partition coefficient (Wildman–Crippen LogP) is 2.49. The molecule has 1 fully saturated rings. The van der Waals surface area contributed by atoms with E-state index in [1.54, 1.807) is 0 Å². The fraction of sp³-hybridized carbons (Fsp3) is 0.500. The highest BCUT2D eigenvalue weighted by atomic mass is 19.1. The Hall–Kier alpha value is -1.42. The van der Waals surface area contributed by atoms with Crippen molar-refractivity contribution in [3.63, 3.8) is 0 Å². The van der Waals surface area contributed by atoms with Gasteiger partial charge in [0.2, 0.25) is 0 Å². The van der Waals surface area contributed by atoms with Crippen molar-refractivity contribution in [3.8, 4) is 0 Å². The topological polar surface area (TPSA) is 29.9 Å². The normalized spacial score (nSPS) is 15.4. The van der Waals surface area contributed by atoms with Crippen LogP contribution >= 0.6 is 0 Å². The zero-order chi connectivity index (χ0) is 12.5. The molecule has 1 N–H and O–H groups in total. The number of rotatable bonds is 5. The van der Waals surface area contributed by atoms with Gasteiger partial charge in [0, 0.05) is 31.6 Å². The third-order valence-electron chi connectivity index (χ3n) is 3.46. The van der Waals surface area contributed by atoms with E-state index in [0.29, 0.717) is 0 Å². The maximum atomic E-state index is 13.2. The van der Waals surface area contributed by atoms with Gasteiger partial charge in [0.05, 0.1) is 11.0 Å². The smallest absolute Gasteiger partial charge is 0.125 e. The average molecular weight is 247 g/mol. The SMILES string of the molecule is CCn1c(CCNC2CC2)nc2cc(F)ccc21. The molecule has 0 atom stereocenters. The van der Waals surface area contributed by atoms with E-state index in [-0.39, 0.29) is 5.82 Å². The average Bonchev–Trinajstić information content (AvgIpc) is 3.10. The molecule has 1 aliphatic carbocycles. The Morgan fingerprint density at radius 2 is 2.28 bits per heavy atom. The highest BCUT2D eigenvalue weighted by molar-refractivity contribution is 5.76. The molecule has 2 aromatic rings. The molecule has 0 spiro atoms. The summed E-state index contributed by atoms with van der Waals surface area (Å²) in [6.07, 6.45) is 3.51. The number of hydrogen-bond donors (Lipinski definition) is 1. The van der Waals surface area contributed by atoms with Gasteiger partial charge in [-0.25, -0.2) is 9.37 Å². The second kappa shape index (κ2) is 4.69. The molecule has 0 amide bonds. The fourth-order valence-electron chi connectivity index (χ4n) is 2.37. The first kappa shape index (κ1) is 11.7. The van der Waals surface area contributed by atoms with Crippen LogP contribution in [0.25, 0.3) is 11.0 Å². The number of imidazole rings is 1. The second-order valence-corrected chi connectivity index (χ2v) is 4.88. The maximum absolute atomic E-state index is 13.2. The molecule has 0 bridgehead atoms. The monoisotopic (exact) mass is 247 g/mol. The fourth-order valence-corrected chi connectivity index (χ4v) is 2.37. The predicted molar refractivity (Wildman–Crippen MR) is 70.1 cm³/mol. The zero-order valence-corrected chi connectivity index (χ0v) is 10.6. The minimum Gasteiger partial charge on any atom is -0.328 e. The number of aryl methyl sites for hydroxylation is 1. The molecule has 96 valence electrons. The van der Waals surface area contributed by atoms with Crippen molar-refractivity contribution in [2.24, 2.45) is 0 Å². The lowest BCUT2D eigenvalue weighted by Gasteiger charge is -2.06. The van der Waals surface area contributed by atoms with E-state index in [0.717, 1.165) is 42.4 Å². The van der Waals surface area contributed by atoms with Crippen LogP contribution in [0.4, 0.5) is 4.39 Å². The van der Waals surface area contributed by atoms with E-state index >= 15 is 0 Å². The van der Waals surface area contributed by atoms with Crippen molar-refractivity contribution in [1.29, 1.82) is 0 Å². The van der Waals surface area contributed by atoms with Crippen LogP contribution in [0, 0.1) is 5.82 Å². The van der Waals surface area contributed by atoms with Crippen LogP contribution in [0.5, 0.6) is 0 Å². The summed E-state index contributed by atoms with van der Waals surface area (Å²) in [6.45, 7) is 3.93. The number of fused-ring (bicyclic) bond motifs is 1. The van der Waals surface area contributed by atoms with Crippen molar-refractivity contribution >= 4 is 11.0 Å². The second-order valence-electron chi connectivity index (χ2n) is 4.88. The van der Waals surface area contributed by atoms with Crippen molar-refractivity contribution < 1.29 is 4.39 Å². The molecule has 1 saturated carbocycles. The first-order valence-corrected chi connectivity index (χ1v) is 6.66. The summed E-state index contributed by atoms with van der Waals surface area (Å²) < 4.78 is 15.4. The standard InChI is InChI=1S/C14H18FN3/c1-2-18-13-6-3-10(15)9-12(13)17-14(18)7-8-16-11-4-5-11/h3,6,9,11,16H,2,4-5,7-8H2,1H3. The minimum absolute atomic E-state index is 0.217. The third-order valence-corrected chi connectivity index (χ3v) is 3.46. The molecule has 3 nitrogen and oxygen atoms in total. The Balaban J connectivity index is 1.84. The number of nitrogens with zero attached hydrogens (tertiary/aromatic N) is 2. The molecular weight excluding hydrogens is 229 g/mol. The first-order valence-electron chi connectivity index (χ1n) is 6.66. The summed E-state index contributed by atoms with van der Waals surface area (Å²) in [5.41, 5.74) is 1.79. The Labute approximate surface area is 106 Å². The Morgan fingerprint density at radius 1 is 1.44 bits per heavy atom. The quantitative estimate of drug-likeness (QED) is 0.879. The summed E-state index contributed by atoms with van der Waals surface area (Å²) in [5, 5.41) is 3.48. The molecule has 0 unspecified atom stereocenters. The highest BCUT2D eigenvalue weighted by Crippen LogP contribution is 2.20. The Bertz CT molecular complexity index is 557. The minimum atomic E-state index is -0.217. The van der Waals surface area contributed by atoms with Crippen molar-refractivity contribution in [3.05, 3.63) is 29.8 Å². The molecule has 18 heavy (non-hydrogen) atoms. The van der Waals surface area contributed by atoms with Gasteiger partial charge in [-0.05, 0) is 31.9 Å². The molecule has 0 saturated heterocycles.